The second-order valence-electron chi connectivity index (χ2n) is 5.81. The molecule has 2 unspecified atom stereocenters. The van der Waals surface area contributed by atoms with Crippen LogP contribution in [0.4, 0.5) is 0 Å². The molecule has 2 atom stereocenters. The summed E-state index contributed by atoms with van der Waals surface area (Å²) in [5.74, 6) is 0. The maximum atomic E-state index is 9.07. The number of nitrogens with zero attached hydrogens (tertiary/aromatic N) is 4. The molecule has 0 amide bonds. The van der Waals surface area contributed by atoms with Crippen LogP contribution in [-0.4, -0.2) is 38.7 Å². The quantitative estimate of drug-likeness (QED) is 0.530. The fraction of sp³-hybridized carbons (Fsp3) is 0.375. The zero-order valence-electron chi connectivity index (χ0n) is 13.1. The molecule has 1 aromatic carbocycles. The van der Waals surface area contributed by atoms with E-state index in [1.807, 2.05) is 47.1 Å². The van der Waals surface area contributed by atoms with Crippen molar-refractivity contribution in [3.8, 4) is 0 Å². The van der Waals surface area contributed by atoms with Gasteiger partial charge in [0, 0.05) is 37.4 Å². The summed E-state index contributed by atoms with van der Waals surface area (Å²) >= 11 is 6.03. The zero-order chi connectivity index (χ0) is 16.4. The number of oxime groups is 1. The van der Waals surface area contributed by atoms with Gasteiger partial charge < -0.3 is 9.77 Å². The predicted octanol–water partition coefficient (Wildman–Crippen LogP) is 2.92. The summed E-state index contributed by atoms with van der Waals surface area (Å²) in [6.07, 6.45) is 5.85. The molecule has 0 bridgehead atoms. The van der Waals surface area contributed by atoms with Gasteiger partial charge in [0.1, 0.15) is 6.10 Å². The lowest BCUT2D eigenvalue weighted by Crippen LogP contribution is -2.41. The summed E-state index contributed by atoms with van der Waals surface area (Å²) in [5.41, 5.74) is 1.24. The third kappa shape index (κ3) is 2.97. The normalized spacial score (nSPS) is 25.9. The molecule has 3 rings (SSSR count). The number of aromatic nitrogens is 2. The number of hydrogen-bond acceptors (Lipinski definition) is 5. The second-order valence-corrected chi connectivity index (χ2v) is 6.25. The Morgan fingerprint density at radius 1 is 1.48 bits per heavy atom. The predicted molar refractivity (Wildman–Crippen MR) is 87.5 cm³/mol. The molecule has 0 saturated carbocycles. The van der Waals surface area contributed by atoms with Crippen LogP contribution in [0.15, 0.2) is 48.1 Å². The van der Waals surface area contributed by atoms with Crippen LogP contribution in [0.1, 0.15) is 18.9 Å². The summed E-state index contributed by atoms with van der Waals surface area (Å²) in [4.78, 5) is 10.1. The molecule has 1 fully saturated rings. The van der Waals surface area contributed by atoms with Crippen LogP contribution in [0.3, 0.4) is 0 Å². The van der Waals surface area contributed by atoms with Crippen LogP contribution in [0.2, 0.25) is 5.02 Å². The van der Waals surface area contributed by atoms with Crippen LogP contribution in [-0.2, 0) is 16.9 Å². The van der Waals surface area contributed by atoms with Gasteiger partial charge in [-0.05, 0) is 24.6 Å². The van der Waals surface area contributed by atoms with Gasteiger partial charge in [0.2, 0.25) is 0 Å². The monoisotopic (exact) mass is 334 g/mol. The molecule has 1 saturated heterocycles. The summed E-state index contributed by atoms with van der Waals surface area (Å²) < 4.78 is 2.02. The van der Waals surface area contributed by atoms with Crippen molar-refractivity contribution in [1.29, 1.82) is 0 Å². The first kappa shape index (κ1) is 16.0. The molecule has 1 N–H and O–H groups in total. The van der Waals surface area contributed by atoms with Crippen molar-refractivity contribution in [2.75, 3.05) is 7.05 Å². The van der Waals surface area contributed by atoms with Crippen molar-refractivity contribution >= 4 is 17.3 Å². The van der Waals surface area contributed by atoms with Crippen molar-refractivity contribution in [1.82, 2.24) is 14.6 Å². The van der Waals surface area contributed by atoms with E-state index < -0.39 is 5.54 Å². The summed E-state index contributed by atoms with van der Waals surface area (Å²) in [7, 11) is 1.90. The van der Waals surface area contributed by atoms with Gasteiger partial charge in [-0.3, -0.25) is 4.84 Å². The average molecular weight is 335 g/mol. The first-order valence-corrected chi connectivity index (χ1v) is 7.74. The Balaban J connectivity index is 2.01. The van der Waals surface area contributed by atoms with Gasteiger partial charge in [-0.15, -0.1) is 0 Å². The van der Waals surface area contributed by atoms with E-state index in [0.717, 1.165) is 5.56 Å². The molecule has 6 nitrogen and oxygen atoms in total. The lowest BCUT2D eigenvalue weighted by Gasteiger charge is -2.34. The average Bonchev–Trinajstić information content (AvgIpc) is 3.17. The fourth-order valence-corrected chi connectivity index (χ4v) is 3.18. The molecule has 23 heavy (non-hydrogen) atoms. The number of halogens is 1. The summed E-state index contributed by atoms with van der Waals surface area (Å²) in [6, 6.07) is 7.77. The Hall–Kier alpha value is -1.89. The van der Waals surface area contributed by atoms with Crippen molar-refractivity contribution in [3.05, 3.63) is 53.6 Å². The highest BCUT2D eigenvalue weighted by Gasteiger charge is 2.47. The van der Waals surface area contributed by atoms with E-state index in [1.54, 1.807) is 19.4 Å². The van der Waals surface area contributed by atoms with E-state index in [2.05, 4.69) is 10.1 Å². The highest BCUT2D eigenvalue weighted by molar-refractivity contribution is 6.30. The van der Waals surface area contributed by atoms with Crippen LogP contribution >= 0.6 is 11.6 Å². The first-order valence-electron chi connectivity index (χ1n) is 7.36. The molecular formula is C16H19ClN4O2. The van der Waals surface area contributed by atoms with Gasteiger partial charge in [-0.2, -0.15) is 5.06 Å². The minimum atomic E-state index is -0.401. The van der Waals surface area contributed by atoms with E-state index in [9.17, 15) is 0 Å². The number of likely N-dealkylation sites (N-methyl/N-ethyl adjacent to an activating group) is 1. The lowest BCUT2D eigenvalue weighted by atomic mass is 9.84. The summed E-state index contributed by atoms with van der Waals surface area (Å²) in [6.45, 7) is 2.42. The lowest BCUT2D eigenvalue weighted by molar-refractivity contribution is -0.161. The molecule has 2 aromatic rings. The molecule has 0 aliphatic carbocycles. The van der Waals surface area contributed by atoms with Crippen molar-refractivity contribution in [2.24, 2.45) is 5.16 Å². The third-order valence-corrected chi connectivity index (χ3v) is 4.67. The smallest absolute Gasteiger partial charge is 0.123 e. The SMILES string of the molecule is C/C(=N\O)C1CC(Cn2ccnc2)(c2ccc(Cl)cc2)N(C)O1. The first-order chi connectivity index (χ1) is 11.0. The molecule has 1 aromatic heterocycles. The number of benzene rings is 1. The van der Waals surface area contributed by atoms with E-state index in [4.69, 9.17) is 21.6 Å². The highest BCUT2D eigenvalue weighted by Crippen LogP contribution is 2.41. The van der Waals surface area contributed by atoms with Crippen molar-refractivity contribution in [3.63, 3.8) is 0 Å². The Bertz CT molecular complexity index is 687. The Morgan fingerprint density at radius 3 is 2.83 bits per heavy atom. The van der Waals surface area contributed by atoms with Gasteiger partial charge in [0.15, 0.2) is 0 Å². The standard InChI is InChI=1S/C16H19ClN4O2/c1-12(19-22)15-9-16(20(2)23-15,10-21-8-7-18-11-21)13-3-5-14(17)6-4-13/h3-8,11,15,22H,9-10H2,1-2H3/b19-12+. The maximum Gasteiger partial charge on any atom is 0.123 e. The van der Waals surface area contributed by atoms with Gasteiger partial charge in [0.05, 0.1) is 17.6 Å². The number of hydroxylamine groups is 2. The van der Waals surface area contributed by atoms with Gasteiger partial charge in [-0.1, -0.05) is 28.9 Å². The van der Waals surface area contributed by atoms with Gasteiger partial charge in [0.25, 0.3) is 0 Å². The molecule has 0 spiro atoms. The minimum Gasteiger partial charge on any atom is -0.411 e. The maximum absolute atomic E-state index is 9.07. The highest BCUT2D eigenvalue weighted by atomic mass is 35.5. The van der Waals surface area contributed by atoms with E-state index in [1.165, 1.54) is 0 Å². The topological polar surface area (TPSA) is 62.9 Å². The van der Waals surface area contributed by atoms with Crippen LogP contribution in [0.25, 0.3) is 0 Å². The minimum absolute atomic E-state index is 0.274. The summed E-state index contributed by atoms with van der Waals surface area (Å²) in [5, 5.41) is 14.9. The Kier molecular flexibility index (Phi) is 4.39. The second kappa shape index (κ2) is 6.31. The molecular weight excluding hydrogens is 316 g/mol. The van der Waals surface area contributed by atoms with Crippen LogP contribution in [0, 0.1) is 0 Å². The molecule has 1 aliphatic rings. The fourth-order valence-electron chi connectivity index (χ4n) is 3.05. The number of rotatable bonds is 4. The molecule has 7 heteroatoms. The number of imidazole rings is 1. The van der Waals surface area contributed by atoms with Crippen molar-refractivity contribution in [2.45, 2.75) is 31.5 Å². The molecule has 1 aliphatic heterocycles. The number of hydrogen-bond donors (Lipinski definition) is 1. The molecule has 122 valence electrons. The van der Waals surface area contributed by atoms with E-state index in [-0.39, 0.29) is 6.10 Å². The van der Waals surface area contributed by atoms with E-state index >= 15 is 0 Å². The van der Waals surface area contributed by atoms with Gasteiger partial charge in [-0.25, -0.2) is 4.98 Å². The van der Waals surface area contributed by atoms with E-state index in [0.29, 0.717) is 23.7 Å². The third-order valence-electron chi connectivity index (χ3n) is 4.42. The molecule has 2 heterocycles. The largest absolute Gasteiger partial charge is 0.411 e. The van der Waals surface area contributed by atoms with Crippen LogP contribution in [0.5, 0.6) is 0 Å². The Labute approximate surface area is 139 Å². The van der Waals surface area contributed by atoms with Crippen LogP contribution < -0.4 is 0 Å². The van der Waals surface area contributed by atoms with Crippen molar-refractivity contribution < 1.29 is 10.0 Å². The molecule has 0 radical (unpaired) electrons. The Morgan fingerprint density at radius 2 is 2.22 bits per heavy atom. The zero-order valence-corrected chi connectivity index (χ0v) is 13.8. The van der Waals surface area contributed by atoms with Gasteiger partial charge >= 0.3 is 0 Å².